The first-order valence-electron chi connectivity index (χ1n) is 11.1. The first kappa shape index (κ1) is 21.7. The predicted octanol–water partition coefficient (Wildman–Crippen LogP) is 2.59. The number of H-pyrrole nitrogens is 1. The van der Waals surface area contributed by atoms with Gasteiger partial charge in [0.15, 0.2) is 0 Å². The molecule has 34 heavy (non-hydrogen) atoms. The molecule has 1 fully saturated rings. The maximum Gasteiger partial charge on any atom is 0.408 e. The van der Waals surface area contributed by atoms with Gasteiger partial charge in [-0.05, 0) is 35.1 Å². The normalized spacial score (nSPS) is 16.1. The molecule has 9 heteroatoms. The highest BCUT2D eigenvalue weighted by atomic mass is 16.5. The van der Waals surface area contributed by atoms with Crippen LogP contribution in [0, 0.1) is 0 Å². The molecule has 9 nitrogen and oxygen atoms in total. The van der Waals surface area contributed by atoms with Crippen LogP contribution >= 0.6 is 0 Å². The quantitative estimate of drug-likeness (QED) is 0.408. The molecule has 5 rings (SSSR count). The van der Waals surface area contributed by atoms with Gasteiger partial charge < -0.3 is 25.5 Å². The van der Waals surface area contributed by atoms with E-state index in [1.165, 1.54) is 12.5 Å². The molecular weight excluding hydrogens is 436 g/mol. The molecule has 3 aromatic rings. The SMILES string of the molecule is O=C(NC1(C(=O)NC(Cc2cnc[nH]2)C(=O)O)CC1)OCC1c2ccccc2-c2ccccc21. The Morgan fingerprint density at radius 2 is 1.74 bits per heavy atom. The van der Waals surface area contributed by atoms with Crippen molar-refractivity contribution in [2.75, 3.05) is 6.61 Å². The summed E-state index contributed by atoms with van der Waals surface area (Å²) in [6.45, 7) is 0.134. The van der Waals surface area contributed by atoms with Crippen molar-refractivity contribution < 1.29 is 24.2 Å². The Balaban J connectivity index is 1.21. The molecule has 0 bridgehead atoms. The highest BCUT2D eigenvalue weighted by Crippen LogP contribution is 2.44. The van der Waals surface area contributed by atoms with Gasteiger partial charge in [0.2, 0.25) is 5.91 Å². The second-order valence-electron chi connectivity index (χ2n) is 8.68. The Morgan fingerprint density at radius 1 is 1.09 bits per heavy atom. The van der Waals surface area contributed by atoms with Gasteiger partial charge in [0.25, 0.3) is 0 Å². The van der Waals surface area contributed by atoms with Crippen LogP contribution in [0.2, 0.25) is 0 Å². The van der Waals surface area contributed by atoms with E-state index in [2.05, 4.69) is 32.7 Å². The van der Waals surface area contributed by atoms with E-state index < -0.39 is 29.6 Å². The van der Waals surface area contributed by atoms with E-state index in [0.717, 1.165) is 22.3 Å². The number of aromatic amines is 1. The Labute approximate surface area is 195 Å². The topological polar surface area (TPSA) is 133 Å². The Hall–Kier alpha value is -4.14. The first-order valence-corrected chi connectivity index (χ1v) is 11.1. The van der Waals surface area contributed by atoms with Crippen molar-refractivity contribution >= 4 is 18.0 Å². The van der Waals surface area contributed by atoms with E-state index in [9.17, 15) is 19.5 Å². The molecule has 2 amide bonds. The monoisotopic (exact) mass is 460 g/mol. The number of hydrogen-bond acceptors (Lipinski definition) is 5. The summed E-state index contributed by atoms with van der Waals surface area (Å²) in [5, 5.41) is 14.7. The zero-order valence-electron chi connectivity index (χ0n) is 18.3. The van der Waals surface area contributed by atoms with E-state index >= 15 is 0 Å². The third-order valence-corrected chi connectivity index (χ3v) is 6.45. The van der Waals surface area contributed by atoms with E-state index in [1.54, 1.807) is 0 Å². The summed E-state index contributed by atoms with van der Waals surface area (Å²) in [4.78, 5) is 43.7. The van der Waals surface area contributed by atoms with Crippen molar-refractivity contribution in [1.82, 2.24) is 20.6 Å². The number of carboxylic acid groups (broad SMARTS) is 1. The van der Waals surface area contributed by atoms with Crippen molar-refractivity contribution in [1.29, 1.82) is 0 Å². The summed E-state index contributed by atoms with van der Waals surface area (Å²) in [6.07, 6.45) is 3.14. The minimum absolute atomic E-state index is 0.0576. The number of carboxylic acids is 1. The summed E-state index contributed by atoms with van der Waals surface area (Å²) in [7, 11) is 0. The number of fused-ring (bicyclic) bond motifs is 3. The Bertz CT molecular complexity index is 1190. The average molecular weight is 460 g/mol. The lowest BCUT2D eigenvalue weighted by atomic mass is 9.98. The molecule has 0 spiro atoms. The molecule has 1 unspecified atom stereocenters. The fourth-order valence-corrected chi connectivity index (χ4v) is 4.48. The molecule has 1 heterocycles. The van der Waals surface area contributed by atoms with Gasteiger partial charge in [-0.25, -0.2) is 14.6 Å². The molecule has 1 aromatic heterocycles. The van der Waals surface area contributed by atoms with Crippen LogP contribution in [0.1, 0.15) is 35.6 Å². The number of benzene rings is 2. The number of imidazole rings is 1. The van der Waals surface area contributed by atoms with E-state index in [4.69, 9.17) is 4.74 Å². The van der Waals surface area contributed by atoms with Crippen molar-refractivity contribution in [2.45, 2.75) is 36.8 Å². The molecule has 0 saturated heterocycles. The largest absolute Gasteiger partial charge is 0.480 e. The van der Waals surface area contributed by atoms with Gasteiger partial charge in [-0.2, -0.15) is 0 Å². The number of rotatable bonds is 8. The number of carbonyl (C=O) groups is 3. The van der Waals surface area contributed by atoms with Crippen LogP contribution in [-0.2, 0) is 20.7 Å². The molecule has 2 aliphatic carbocycles. The lowest BCUT2D eigenvalue weighted by Gasteiger charge is -2.21. The van der Waals surface area contributed by atoms with Gasteiger partial charge in [0.1, 0.15) is 18.2 Å². The highest BCUT2D eigenvalue weighted by molar-refractivity contribution is 5.95. The fourth-order valence-electron chi connectivity index (χ4n) is 4.48. The Kier molecular flexibility index (Phi) is 5.53. The Morgan fingerprint density at radius 3 is 2.29 bits per heavy atom. The molecule has 4 N–H and O–H groups in total. The molecule has 0 aliphatic heterocycles. The number of ether oxygens (including phenoxy) is 1. The summed E-state index contributed by atoms with van der Waals surface area (Å²) in [5.74, 6) is -1.79. The van der Waals surface area contributed by atoms with Crippen LogP contribution in [0.3, 0.4) is 0 Å². The molecule has 2 aromatic carbocycles. The van der Waals surface area contributed by atoms with Crippen LogP contribution in [0.4, 0.5) is 4.79 Å². The van der Waals surface area contributed by atoms with Crippen LogP contribution in [0.5, 0.6) is 0 Å². The number of nitrogens with zero attached hydrogens (tertiary/aromatic N) is 1. The molecule has 1 atom stereocenters. The van der Waals surface area contributed by atoms with Gasteiger partial charge in [0.05, 0.1) is 6.33 Å². The predicted molar refractivity (Wildman–Crippen MR) is 122 cm³/mol. The third kappa shape index (κ3) is 4.12. The number of nitrogens with one attached hydrogen (secondary N) is 3. The van der Waals surface area contributed by atoms with Gasteiger partial charge in [-0.15, -0.1) is 0 Å². The summed E-state index contributed by atoms with van der Waals surface area (Å²) in [6, 6.07) is 14.9. The molecule has 2 aliphatic rings. The lowest BCUT2D eigenvalue weighted by Crippen LogP contribution is -2.54. The number of hydrogen-bond donors (Lipinski definition) is 4. The van der Waals surface area contributed by atoms with Crippen LogP contribution in [-0.4, -0.2) is 51.2 Å². The smallest absolute Gasteiger partial charge is 0.408 e. The van der Waals surface area contributed by atoms with Crippen molar-refractivity contribution in [3.63, 3.8) is 0 Å². The van der Waals surface area contributed by atoms with Crippen LogP contribution < -0.4 is 10.6 Å². The first-order chi connectivity index (χ1) is 16.5. The number of alkyl carbamates (subject to hydrolysis) is 1. The maximum absolute atomic E-state index is 12.8. The van der Waals surface area contributed by atoms with E-state index in [1.807, 2.05) is 36.4 Å². The number of aromatic nitrogens is 2. The number of carbonyl (C=O) groups excluding carboxylic acids is 2. The fraction of sp³-hybridized carbons (Fsp3) is 0.280. The standard InChI is InChI=1S/C25H24N4O5/c30-22(31)21(11-15-12-26-14-27-15)28-23(32)25(9-10-25)29-24(33)34-13-20-18-7-3-1-5-16(18)17-6-2-4-8-19(17)20/h1-8,12,14,20-21H,9-11,13H2,(H,26,27)(H,28,32)(H,29,33)(H,30,31). The van der Waals surface area contributed by atoms with Crippen molar-refractivity contribution in [2.24, 2.45) is 0 Å². The molecule has 0 radical (unpaired) electrons. The van der Waals surface area contributed by atoms with Crippen LogP contribution in [0.25, 0.3) is 11.1 Å². The minimum atomic E-state index is -1.17. The van der Waals surface area contributed by atoms with Crippen molar-refractivity contribution in [3.05, 3.63) is 77.9 Å². The second-order valence-corrected chi connectivity index (χ2v) is 8.68. The summed E-state index contributed by atoms with van der Waals surface area (Å²) >= 11 is 0. The van der Waals surface area contributed by atoms with Gasteiger partial charge in [0, 0.05) is 24.2 Å². The van der Waals surface area contributed by atoms with Crippen molar-refractivity contribution in [3.8, 4) is 11.1 Å². The number of aliphatic carboxylic acids is 1. The molecule has 1 saturated carbocycles. The highest BCUT2D eigenvalue weighted by Gasteiger charge is 2.52. The number of amides is 2. The zero-order chi connectivity index (χ0) is 23.7. The van der Waals surface area contributed by atoms with E-state index in [0.29, 0.717) is 18.5 Å². The molecule has 174 valence electrons. The average Bonchev–Trinajstić information content (AvgIpc) is 3.30. The zero-order valence-corrected chi connectivity index (χ0v) is 18.3. The second kappa shape index (κ2) is 8.66. The van der Waals surface area contributed by atoms with Gasteiger partial charge in [-0.1, -0.05) is 48.5 Å². The van der Waals surface area contributed by atoms with E-state index in [-0.39, 0.29) is 18.9 Å². The summed E-state index contributed by atoms with van der Waals surface area (Å²) in [5.41, 5.74) is 3.88. The van der Waals surface area contributed by atoms with Gasteiger partial charge in [-0.3, -0.25) is 4.79 Å². The lowest BCUT2D eigenvalue weighted by molar-refractivity contribution is -0.142. The minimum Gasteiger partial charge on any atom is -0.480 e. The maximum atomic E-state index is 12.8. The molecular formula is C25H24N4O5. The third-order valence-electron chi connectivity index (χ3n) is 6.45. The van der Waals surface area contributed by atoms with Crippen LogP contribution in [0.15, 0.2) is 61.1 Å². The van der Waals surface area contributed by atoms with Gasteiger partial charge >= 0.3 is 12.1 Å². The summed E-state index contributed by atoms with van der Waals surface area (Å²) < 4.78 is 5.54.